The number of benzene rings is 2. The van der Waals surface area contributed by atoms with Gasteiger partial charge in [-0.05, 0) is 41.6 Å². The number of carbonyl (C=O) groups excluding carboxylic acids is 1. The number of methoxy groups -OCH3 is 1. The van der Waals surface area contributed by atoms with Crippen molar-refractivity contribution < 1.29 is 19.6 Å². The minimum Gasteiger partial charge on any atom is -0.500 e. The second kappa shape index (κ2) is 7.68. The Balaban J connectivity index is 1.94. The second-order valence-electron chi connectivity index (χ2n) is 5.28. The van der Waals surface area contributed by atoms with E-state index in [-0.39, 0.29) is 10.7 Å². The summed E-state index contributed by atoms with van der Waals surface area (Å²) in [4.78, 5) is 27.1. The lowest BCUT2D eigenvalue weighted by Crippen LogP contribution is -2.19. The molecule has 1 amide bonds. The van der Waals surface area contributed by atoms with E-state index in [0.29, 0.717) is 21.4 Å². The maximum atomic E-state index is 12.2. The fraction of sp³-hybridized carbons (Fsp3) is 0.0588. The third kappa shape index (κ3) is 4.04. The molecular formula is C17H12ClN3O5S. The van der Waals surface area contributed by atoms with Crippen LogP contribution < -0.4 is 10.1 Å². The fourth-order valence-electron chi connectivity index (χ4n) is 2.28. The molecule has 3 rings (SSSR count). The molecule has 1 fully saturated rings. The lowest BCUT2D eigenvalue weighted by molar-refractivity contribution is -0.386. The van der Waals surface area contributed by atoms with Gasteiger partial charge in [0.05, 0.1) is 27.6 Å². The highest BCUT2D eigenvalue weighted by molar-refractivity contribution is 8.18. The van der Waals surface area contributed by atoms with Crippen LogP contribution in [0, 0.1) is 10.1 Å². The molecule has 10 heteroatoms. The number of para-hydroxylation sites is 1. The molecule has 1 heterocycles. The van der Waals surface area contributed by atoms with Crippen molar-refractivity contribution in [1.29, 1.82) is 0 Å². The Labute approximate surface area is 162 Å². The van der Waals surface area contributed by atoms with Gasteiger partial charge >= 0.3 is 5.69 Å². The smallest absolute Gasteiger partial charge is 0.315 e. The summed E-state index contributed by atoms with van der Waals surface area (Å²) in [7, 11) is 1.28. The highest BCUT2D eigenvalue weighted by atomic mass is 35.5. The van der Waals surface area contributed by atoms with Crippen LogP contribution in [0.5, 0.6) is 11.5 Å². The molecule has 27 heavy (non-hydrogen) atoms. The number of aliphatic imine (C=N–C) groups is 1. The number of nitrogens with one attached hydrogen (secondary N) is 1. The zero-order valence-electron chi connectivity index (χ0n) is 13.8. The molecule has 0 atom stereocenters. The number of amidine groups is 1. The van der Waals surface area contributed by atoms with Crippen LogP contribution in [-0.4, -0.2) is 28.2 Å². The number of phenols is 1. The Morgan fingerprint density at radius 1 is 1.37 bits per heavy atom. The summed E-state index contributed by atoms with van der Waals surface area (Å²) in [6.45, 7) is 0. The Bertz CT molecular complexity index is 1010. The first-order valence-electron chi connectivity index (χ1n) is 7.48. The van der Waals surface area contributed by atoms with Crippen molar-refractivity contribution in [3.8, 4) is 11.5 Å². The van der Waals surface area contributed by atoms with Crippen LogP contribution in [0.25, 0.3) is 6.08 Å². The summed E-state index contributed by atoms with van der Waals surface area (Å²) in [5.41, 5.74) is 0.313. The van der Waals surface area contributed by atoms with Gasteiger partial charge in [-0.2, -0.15) is 0 Å². The quantitative estimate of drug-likeness (QED) is 0.453. The summed E-state index contributed by atoms with van der Waals surface area (Å²) >= 11 is 7.12. The van der Waals surface area contributed by atoms with Crippen molar-refractivity contribution in [2.24, 2.45) is 4.99 Å². The van der Waals surface area contributed by atoms with Crippen LogP contribution in [0.1, 0.15) is 5.56 Å². The summed E-state index contributed by atoms with van der Waals surface area (Å²) in [6, 6.07) is 9.47. The molecule has 0 aromatic heterocycles. The van der Waals surface area contributed by atoms with Gasteiger partial charge in [-0.3, -0.25) is 14.9 Å². The third-order valence-corrected chi connectivity index (χ3v) is 4.75. The fourth-order valence-corrected chi connectivity index (χ4v) is 3.29. The average Bonchev–Trinajstić information content (AvgIpc) is 2.97. The van der Waals surface area contributed by atoms with Crippen LogP contribution in [0.2, 0.25) is 5.02 Å². The summed E-state index contributed by atoms with van der Waals surface area (Å²) in [5, 5.41) is 24.3. The maximum absolute atomic E-state index is 12.2. The van der Waals surface area contributed by atoms with E-state index >= 15 is 0 Å². The van der Waals surface area contributed by atoms with Crippen LogP contribution in [0.3, 0.4) is 0 Å². The van der Waals surface area contributed by atoms with Crippen molar-refractivity contribution in [1.82, 2.24) is 5.32 Å². The van der Waals surface area contributed by atoms with Gasteiger partial charge in [-0.25, -0.2) is 4.99 Å². The Kier molecular flexibility index (Phi) is 5.33. The van der Waals surface area contributed by atoms with E-state index in [0.717, 1.165) is 17.8 Å². The van der Waals surface area contributed by atoms with Gasteiger partial charge in [0.25, 0.3) is 5.91 Å². The van der Waals surface area contributed by atoms with E-state index in [2.05, 4.69) is 10.3 Å². The summed E-state index contributed by atoms with van der Waals surface area (Å²) in [5.74, 6) is -1.04. The number of nitro groups is 1. The molecule has 0 unspecified atom stereocenters. The standard InChI is InChI=1S/C17H12ClN3O5S/c1-26-13-7-9(6-12(15(13)22)21(24)25)8-14-16(23)20-17(27-14)19-11-5-3-2-4-10(11)18/h2-8,22H,1H3,(H,19,20,23)/b14-8+. The van der Waals surface area contributed by atoms with E-state index in [4.69, 9.17) is 16.3 Å². The highest BCUT2D eigenvalue weighted by Crippen LogP contribution is 2.38. The molecule has 1 aliphatic rings. The van der Waals surface area contributed by atoms with Crippen molar-refractivity contribution in [3.05, 3.63) is 62.0 Å². The number of nitrogens with zero attached hydrogens (tertiary/aromatic N) is 2. The summed E-state index contributed by atoms with van der Waals surface area (Å²) in [6.07, 6.45) is 1.45. The molecular weight excluding hydrogens is 394 g/mol. The number of nitro benzene ring substituents is 1. The van der Waals surface area contributed by atoms with Crippen molar-refractivity contribution in [2.75, 3.05) is 7.11 Å². The minimum atomic E-state index is -0.730. The normalized spacial score (nSPS) is 16.6. The van der Waals surface area contributed by atoms with Gasteiger partial charge in [-0.15, -0.1) is 0 Å². The molecule has 0 radical (unpaired) electrons. The molecule has 1 aliphatic heterocycles. The zero-order chi connectivity index (χ0) is 19.6. The molecule has 0 saturated carbocycles. The number of thioether (sulfide) groups is 1. The molecule has 2 N–H and O–H groups in total. The number of phenolic OH excluding ortho intramolecular Hbond substituents is 1. The maximum Gasteiger partial charge on any atom is 0.315 e. The number of halogens is 1. The van der Waals surface area contributed by atoms with E-state index in [1.807, 2.05) is 0 Å². The van der Waals surface area contributed by atoms with Gasteiger partial charge < -0.3 is 15.2 Å². The highest BCUT2D eigenvalue weighted by Gasteiger charge is 2.25. The van der Waals surface area contributed by atoms with Crippen molar-refractivity contribution in [2.45, 2.75) is 0 Å². The van der Waals surface area contributed by atoms with Crippen molar-refractivity contribution >= 4 is 51.9 Å². The monoisotopic (exact) mass is 405 g/mol. The number of rotatable bonds is 4. The first-order valence-corrected chi connectivity index (χ1v) is 8.68. The molecule has 2 aromatic rings. The Morgan fingerprint density at radius 3 is 2.78 bits per heavy atom. The first kappa shape index (κ1) is 18.7. The lowest BCUT2D eigenvalue weighted by atomic mass is 10.1. The van der Waals surface area contributed by atoms with Gasteiger partial charge in [-0.1, -0.05) is 23.7 Å². The van der Waals surface area contributed by atoms with Gasteiger partial charge in [0.2, 0.25) is 5.75 Å². The number of aromatic hydroxyl groups is 1. The predicted molar refractivity (Wildman–Crippen MR) is 104 cm³/mol. The van der Waals surface area contributed by atoms with Gasteiger partial charge in [0.15, 0.2) is 10.9 Å². The van der Waals surface area contributed by atoms with Crippen LogP contribution in [0.4, 0.5) is 11.4 Å². The Morgan fingerprint density at radius 2 is 2.11 bits per heavy atom. The largest absolute Gasteiger partial charge is 0.500 e. The number of hydrogen-bond donors (Lipinski definition) is 2. The van der Waals surface area contributed by atoms with E-state index in [9.17, 15) is 20.0 Å². The molecule has 8 nitrogen and oxygen atoms in total. The van der Waals surface area contributed by atoms with E-state index < -0.39 is 22.3 Å². The number of hydrogen-bond acceptors (Lipinski definition) is 7. The third-order valence-electron chi connectivity index (χ3n) is 3.52. The van der Waals surface area contributed by atoms with Crippen LogP contribution in [-0.2, 0) is 4.79 Å². The zero-order valence-corrected chi connectivity index (χ0v) is 15.4. The van der Waals surface area contributed by atoms with E-state index in [1.165, 1.54) is 19.3 Å². The van der Waals surface area contributed by atoms with Crippen LogP contribution in [0.15, 0.2) is 46.3 Å². The number of ether oxygens (including phenoxy) is 1. The SMILES string of the molecule is COc1cc(/C=C2/SC(=Nc3ccccc3Cl)NC2=O)cc([N+](=O)[O-])c1O. The van der Waals surface area contributed by atoms with Crippen LogP contribution >= 0.6 is 23.4 Å². The predicted octanol–water partition coefficient (Wildman–Crippen LogP) is 3.85. The topological polar surface area (TPSA) is 114 Å². The van der Waals surface area contributed by atoms with E-state index in [1.54, 1.807) is 24.3 Å². The molecule has 1 saturated heterocycles. The molecule has 0 bridgehead atoms. The Hall–Kier alpha value is -3.04. The minimum absolute atomic E-state index is 0.0654. The van der Waals surface area contributed by atoms with Crippen molar-refractivity contribution in [3.63, 3.8) is 0 Å². The number of carbonyl (C=O) groups is 1. The summed E-state index contributed by atoms with van der Waals surface area (Å²) < 4.78 is 4.95. The molecule has 0 aliphatic carbocycles. The first-order chi connectivity index (χ1) is 12.9. The lowest BCUT2D eigenvalue weighted by Gasteiger charge is -2.05. The molecule has 138 valence electrons. The average molecular weight is 406 g/mol. The molecule has 0 spiro atoms. The van der Waals surface area contributed by atoms with Gasteiger partial charge in [0.1, 0.15) is 0 Å². The number of amides is 1. The second-order valence-corrected chi connectivity index (χ2v) is 6.72. The molecule has 2 aromatic carbocycles. The van der Waals surface area contributed by atoms with Gasteiger partial charge in [0, 0.05) is 6.07 Å².